The Morgan fingerprint density at radius 3 is 2.24 bits per heavy atom. The number of cyclic esters (lactones) is 1. The number of ketones is 1. The van der Waals surface area contributed by atoms with E-state index in [0.29, 0.717) is 36.0 Å². The molecule has 33 heavy (non-hydrogen) atoms. The third-order valence-electron chi connectivity index (χ3n) is 4.78. The molecule has 0 radical (unpaired) electrons. The fourth-order valence-electron chi connectivity index (χ4n) is 3.29. The van der Waals surface area contributed by atoms with Crippen molar-refractivity contribution in [2.45, 2.75) is 0 Å². The van der Waals surface area contributed by atoms with Crippen molar-refractivity contribution in [3.63, 3.8) is 0 Å². The lowest BCUT2D eigenvalue weighted by atomic mass is 9.94. The molecule has 4 rings (SSSR count). The van der Waals surface area contributed by atoms with Crippen molar-refractivity contribution in [3.8, 4) is 5.75 Å². The second-order valence-corrected chi connectivity index (χ2v) is 10.3. The number of pyridine rings is 1. The SMILES string of the molecule is COc1c(Br)cc(C(=O)C2=C(c3ccc(Br)cc3)/C(=C/c3ccc(Br)nc3)OC2=O)cc1Br. The zero-order valence-corrected chi connectivity index (χ0v) is 23.2. The summed E-state index contributed by atoms with van der Waals surface area (Å²) in [7, 11) is 1.53. The number of carbonyl (C=O) groups excluding carboxylic acids is 2. The number of rotatable bonds is 5. The predicted molar refractivity (Wildman–Crippen MR) is 140 cm³/mol. The summed E-state index contributed by atoms with van der Waals surface area (Å²) in [5.74, 6) is -0.343. The smallest absolute Gasteiger partial charge is 0.348 e. The Morgan fingerprint density at radius 2 is 1.67 bits per heavy atom. The number of hydrogen-bond donors (Lipinski definition) is 0. The van der Waals surface area contributed by atoms with E-state index >= 15 is 0 Å². The number of carbonyl (C=O) groups is 2. The van der Waals surface area contributed by atoms with Crippen molar-refractivity contribution in [2.75, 3.05) is 7.11 Å². The molecule has 0 saturated heterocycles. The third kappa shape index (κ3) is 5.06. The van der Waals surface area contributed by atoms with Gasteiger partial charge in [-0.2, -0.15) is 0 Å². The normalized spacial score (nSPS) is 14.6. The van der Waals surface area contributed by atoms with Crippen molar-refractivity contribution in [1.82, 2.24) is 4.98 Å². The van der Waals surface area contributed by atoms with Crippen molar-refractivity contribution >= 4 is 87.1 Å². The van der Waals surface area contributed by atoms with Crippen LogP contribution in [0.3, 0.4) is 0 Å². The monoisotopic (exact) mass is 695 g/mol. The zero-order valence-electron chi connectivity index (χ0n) is 16.9. The average Bonchev–Trinajstić information content (AvgIpc) is 3.10. The first-order valence-corrected chi connectivity index (χ1v) is 12.6. The molecule has 2 heterocycles. The molecule has 1 aliphatic heterocycles. The first kappa shape index (κ1) is 24.1. The standard InChI is InChI=1S/C24H13Br4NO4/c1-32-23-16(26)9-14(10-17(23)27)22(30)21-20(13-3-5-15(25)6-4-13)18(33-24(21)31)8-12-2-7-19(28)29-11-12/h2-11H,1H3/b18-8-. The summed E-state index contributed by atoms with van der Waals surface area (Å²) in [5, 5.41) is 0. The Kier molecular flexibility index (Phi) is 7.33. The minimum atomic E-state index is -0.711. The Balaban J connectivity index is 1.90. The molecule has 0 bridgehead atoms. The number of allylic oxidation sites excluding steroid dienone is 1. The van der Waals surface area contributed by atoms with Gasteiger partial charge in [0, 0.05) is 21.8 Å². The molecule has 166 valence electrons. The van der Waals surface area contributed by atoms with Crippen LogP contribution >= 0.6 is 63.7 Å². The maximum absolute atomic E-state index is 13.6. The summed E-state index contributed by atoms with van der Waals surface area (Å²) < 4.78 is 13.6. The van der Waals surface area contributed by atoms with E-state index < -0.39 is 11.8 Å². The molecule has 0 N–H and O–H groups in total. The molecule has 9 heteroatoms. The van der Waals surface area contributed by atoms with Gasteiger partial charge in [-0.3, -0.25) is 4.79 Å². The number of ether oxygens (including phenoxy) is 2. The van der Waals surface area contributed by atoms with Crippen LogP contribution in [0.5, 0.6) is 5.75 Å². The van der Waals surface area contributed by atoms with Crippen LogP contribution in [-0.4, -0.2) is 23.8 Å². The van der Waals surface area contributed by atoms with Crippen LogP contribution in [-0.2, 0) is 9.53 Å². The van der Waals surface area contributed by atoms with Gasteiger partial charge in [-0.15, -0.1) is 0 Å². The van der Waals surface area contributed by atoms with E-state index in [2.05, 4.69) is 68.7 Å². The number of benzene rings is 2. The van der Waals surface area contributed by atoms with Gasteiger partial charge in [-0.05, 0) is 95.3 Å². The minimum Gasteiger partial charge on any atom is -0.494 e. The number of methoxy groups -OCH3 is 1. The molecular weight excluding hydrogens is 686 g/mol. The zero-order chi connectivity index (χ0) is 23.7. The van der Waals surface area contributed by atoms with Gasteiger partial charge >= 0.3 is 5.97 Å². The van der Waals surface area contributed by atoms with Crippen LogP contribution in [0.15, 0.2) is 84.1 Å². The molecular formula is C24H13Br4NO4. The lowest BCUT2D eigenvalue weighted by molar-refractivity contribution is -0.132. The molecule has 0 saturated carbocycles. The summed E-state index contributed by atoms with van der Waals surface area (Å²) >= 11 is 13.6. The topological polar surface area (TPSA) is 65.5 Å². The number of Topliss-reactive ketones (excluding diaryl/α,β-unsaturated/α-hetero) is 1. The Labute approximate surface area is 223 Å². The maximum atomic E-state index is 13.6. The number of aromatic nitrogens is 1. The van der Waals surface area contributed by atoms with Crippen molar-refractivity contribution in [3.05, 3.63) is 101 Å². The summed E-state index contributed by atoms with van der Waals surface area (Å²) in [5.41, 5.74) is 2.08. The van der Waals surface area contributed by atoms with Gasteiger partial charge in [0.1, 0.15) is 21.7 Å². The van der Waals surface area contributed by atoms with E-state index in [1.165, 1.54) is 7.11 Å². The molecule has 5 nitrogen and oxygen atoms in total. The molecule has 0 unspecified atom stereocenters. The lowest BCUT2D eigenvalue weighted by Gasteiger charge is -2.09. The average molecular weight is 699 g/mol. The largest absolute Gasteiger partial charge is 0.494 e. The van der Waals surface area contributed by atoms with Gasteiger partial charge in [0.2, 0.25) is 5.78 Å². The van der Waals surface area contributed by atoms with Crippen molar-refractivity contribution in [2.24, 2.45) is 0 Å². The maximum Gasteiger partial charge on any atom is 0.348 e. The Hall–Kier alpha value is -2.07. The van der Waals surface area contributed by atoms with Crippen LogP contribution in [0.1, 0.15) is 21.5 Å². The van der Waals surface area contributed by atoms with E-state index in [0.717, 1.165) is 10.0 Å². The summed E-state index contributed by atoms with van der Waals surface area (Å²) in [6, 6.07) is 14.2. The fraction of sp³-hybridized carbons (Fsp3) is 0.0417. The van der Waals surface area contributed by atoms with Crippen LogP contribution in [0.4, 0.5) is 0 Å². The van der Waals surface area contributed by atoms with Crippen LogP contribution in [0, 0.1) is 0 Å². The van der Waals surface area contributed by atoms with Crippen molar-refractivity contribution in [1.29, 1.82) is 0 Å². The highest BCUT2D eigenvalue weighted by Crippen LogP contribution is 2.40. The quantitative estimate of drug-likeness (QED) is 0.121. The predicted octanol–water partition coefficient (Wildman–Crippen LogP) is 7.37. The molecule has 0 atom stereocenters. The number of nitrogens with zero attached hydrogens (tertiary/aromatic N) is 1. The highest BCUT2D eigenvalue weighted by atomic mass is 79.9. The van der Waals surface area contributed by atoms with E-state index in [1.807, 2.05) is 30.3 Å². The molecule has 0 spiro atoms. The summed E-state index contributed by atoms with van der Waals surface area (Å²) in [6.45, 7) is 0. The highest BCUT2D eigenvalue weighted by Gasteiger charge is 2.36. The molecule has 1 aliphatic rings. The molecule has 1 aromatic heterocycles. The number of hydrogen-bond acceptors (Lipinski definition) is 5. The molecule has 0 amide bonds. The summed E-state index contributed by atoms with van der Waals surface area (Å²) in [4.78, 5) is 30.7. The van der Waals surface area contributed by atoms with E-state index in [9.17, 15) is 9.59 Å². The number of halogens is 4. The van der Waals surface area contributed by atoms with Crippen LogP contribution in [0.25, 0.3) is 11.6 Å². The second-order valence-electron chi connectivity index (χ2n) is 6.87. The lowest BCUT2D eigenvalue weighted by Crippen LogP contribution is -2.11. The number of esters is 1. The van der Waals surface area contributed by atoms with Crippen LogP contribution in [0.2, 0.25) is 0 Å². The van der Waals surface area contributed by atoms with E-state index in [1.54, 1.807) is 30.5 Å². The van der Waals surface area contributed by atoms with Gasteiger partial charge < -0.3 is 9.47 Å². The van der Waals surface area contributed by atoms with E-state index in [-0.39, 0.29) is 11.3 Å². The molecule has 0 aliphatic carbocycles. The van der Waals surface area contributed by atoms with Gasteiger partial charge in [0.25, 0.3) is 0 Å². The minimum absolute atomic E-state index is 0.0439. The third-order valence-corrected chi connectivity index (χ3v) is 6.95. The second kappa shape index (κ2) is 10.0. The Morgan fingerprint density at radius 1 is 1.00 bits per heavy atom. The van der Waals surface area contributed by atoms with Gasteiger partial charge in [0.15, 0.2) is 0 Å². The molecule has 3 aromatic rings. The highest BCUT2D eigenvalue weighted by molar-refractivity contribution is 9.11. The molecule has 0 fully saturated rings. The first-order chi connectivity index (χ1) is 15.8. The van der Waals surface area contributed by atoms with Crippen LogP contribution < -0.4 is 4.74 Å². The molecule has 2 aromatic carbocycles. The van der Waals surface area contributed by atoms with Gasteiger partial charge in [-0.25, -0.2) is 9.78 Å². The first-order valence-electron chi connectivity index (χ1n) is 9.42. The fourth-order valence-corrected chi connectivity index (χ4v) is 5.30. The summed E-state index contributed by atoms with van der Waals surface area (Å²) in [6.07, 6.45) is 3.33. The van der Waals surface area contributed by atoms with Gasteiger partial charge in [-0.1, -0.05) is 34.1 Å². The van der Waals surface area contributed by atoms with Crippen molar-refractivity contribution < 1.29 is 19.1 Å². The Bertz CT molecular complexity index is 1310. The van der Waals surface area contributed by atoms with E-state index in [4.69, 9.17) is 9.47 Å². The van der Waals surface area contributed by atoms with Gasteiger partial charge in [0.05, 0.1) is 16.1 Å².